The zero-order chi connectivity index (χ0) is 18.8. The molecule has 0 unspecified atom stereocenters. The molecule has 0 saturated heterocycles. The Kier molecular flexibility index (Phi) is 4.67. The van der Waals surface area contributed by atoms with Crippen LogP contribution in [0.1, 0.15) is 12.5 Å². The van der Waals surface area contributed by atoms with Crippen LogP contribution < -0.4 is 19.8 Å². The highest BCUT2D eigenvalue weighted by atomic mass is 16.5. The minimum absolute atomic E-state index is 0.369. The van der Waals surface area contributed by atoms with Crippen LogP contribution in [0.4, 0.5) is 0 Å². The minimum atomic E-state index is -0.484. The standard InChI is InChI=1S/C20H18O6/c1-11-15-10-14(25-12(2)21)6-8-18(15)26-20(22)19(11)16-9-13(23-3)5-7-17(16)24-4/h5-10H,1-4H3. The first-order valence-corrected chi connectivity index (χ1v) is 7.93. The third-order valence-electron chi connectivity index (χ3n) is 4.07. The monoisotopic (exact) mass is 354 g/mol. The Morgan fingerprint density at radius 2 is 1.73 bits per heavy atom. The van der Waals surface area contributed by atoms with E-state index in [1.807, 2.05) is 6.92 Å². The van der Waals surface area contributed by atoms with Crippen LogP contribution in [0.25, 0.3) is 22.1 Å². The number of carbonyl (C=O) groups is 1. The van der Waals surface area contributed by atoms with Crippen molar-refractivity contribution in [3.63, 3.8) is 0 Å². The molecule has 134 valence electrons. The maximum atomic E-state index is 12.6. The Bertz CT molecular complexity index is 1050. The fraction of sp³-hybridized carbons (Fsp3) is 0.200. The van der Waals surface area contributed by atoms with Crippen molar-refractivity contribution in [3.8, 4) is 28.4 Å². The number of rotatable bonds is 4. The van der Waals surface area contributed by atoms with Crippen LogP contribution in [-0.2, 0) is 4.79 Å². The molecule has 0 aliphatic rings. The van der Waals surface area contributed by atoms with Crippen LogP contribution in [0.3, 0.4) is 0 Å². The van der Waals surface area contributed by atoms with E-state index in [0.29, 0.717) is 44.9 Å². The largest absolute Gasteiger partial charge is 0.497 e. The summed E-state index contributed by atoms with van der Waals surface area (Å²) in [4.78, 5) is 23.8. The molecule has 3 aromatic rings. The first-order chi connectivity index (χ1) is 12.4. The second-order valence-electron chi connectivity index (χ2n) is 5.71. The van der Waals surface area contributed by atoms with Crippen molar-refractivity contribution in [2.75, 3.05) is 14.2 Å². The summed E-state index contributed by atoms with van der Waals surface area (Å²) in [6.07, 6.45) is 0. The maximum absolute atomic E-state index is 12.6. The zero-order valence-corrected chi connectivity index (χ0v) is 14.9. The number of esters is 1. The van der Waals surface area contributed by atoms with Crippen LogP contribution in [0.5, 0.6) is 17.2 Å². The quantitative estimate of drug-likeness (QED) is 0.404. The van der Waals surface area contributed by atoms with Crippen molar-refractivity contribution in [3.05, 3.63) is 52.4 Å². The van der Waals surface area contributed by atoms with Gasteiger partial charge in [0.25, 0.3) is 0 Å². The number of methoxy groups -OCH3 is 2. The molecule has 0 N–H and O–H groups in total. The van der Waals surface area contributed by atoms with Gasteiger partial charge in [-0.3, -0.25) is 4.79 Å². The van der Waals surface area contributed by atoms with Gasteiger partial charge in [-0.05, 0) is 48.9 Å². The molecule has 2 aromatic carbocycles. The summed E-state index contributed by atoms with van der Waals surface area (Å²) in [5, 5.41) is 0.670. The number of fused-ring (bicyclic) bond motifs is 1. The van der Waals surface area contributed by atoms with E-state index in [9.17, 15) is 9.59 Å². The average molecular weight is 354 g/mol. The molecule has 0 fully saturated rings. The Labute approximate surface area is 149 Å². The van der Waals surface area contributed by atoms with Crippen LogP contribution in [-0.4, -0.2) is 20.2 Å². The number of ether oxygens (including phenoxy) is 3. The van der Waals surface area contributed by atoms with Crippen LogP contribution in [0, 0.1) is 6.92 Å². The summed E-state index contributed by atoms with van der Waals surface area (Å²) in [6.45, 7) is 3.14. The lowest BCUT2D eigenvalue weighted by Gasteiger charge is -2.13. The summed E-state index contributed by atoms with van der Waals surface area (Å²) in [7, 11) is 3.08. The third kappa shape index (κ3) is 3.13. The molecule has 0 aliphatic heterocycles. The summed E-state index contributed by atoms with van der Waals surface area (Å²) in [6, 6.07) is 10.1. The lowest BCUT2D eigenvalue weighted by molar-refractivity contribution is -0.131. The maximum Gasteiger partial charge on any atom is 0.344 e. The lowest BCUT2D eigenvalue weighted by atomic mass is 9.98. The summed E-state index contributed by atoms with van der Waals surface area (Å²) < 4.78 is 21.3. The van der Waals surface area contributed by atoms with E-state index < -0.39 is 11.6 Å². The van der Waals surface area contributed by atoms with Crippen molar-refractivity contribution in [1.29, 1.82) is 0 Å². The van der Waals surface area contributed by atoms with E-state index in [4.69, 9.17) is 18.6 Å². The first-order valence-electron chi connectivity index (χ1n) is 7.93. The summed E-state index contributed by atoms with van der Waals surface area (Å²) >= 11 is 0. The highest BCUT2D eigenvalue weighted by Crippen LogP contribution is 2.36. The Balaban J connectivity index is 2.29. The molecule has 1 heterocycles. The van der Waals surface area contributed by atoms with Gasteiger partial charge in [-0.25, -0.2) is 4.79 Å². The second-order valence-corrected chi connectivity index (χ2v) is 5.71. The van der Waals surface area contributed by atoms with Crippen molar-refractivity contribution < 1.29 is 23.4 Å². The molecule has 0 radical (unpaired) electrons. The van der Waals surface area contributed by atoms with Crippen molar-refractivity contribution in [1.82, 2.24) is 0 Å². The minimum Gasteiger partial charge on any atom is -0.497 e. The van der Waals surface area contributed by atoms with Gasteiger partial charge >= 0.3 is 11.6 Å². The van der Waals surface area contributed by atoms with Gasteiger partial charge in [0.05, 0.1) is 19.8 Å². The molecule has 26 heavy (non-hydrogen) atoms. The molecule has 0 spiro atoms. The Morgan fingerprint density at radius 3 is 2.38 bits per heavy atom. The zero-order valence-electron chi connectivity index (χ0n) is 14.9. The molecule has 0 atom stereocenters. The number of hydrogen-bond acceptors (Lipinski definition) is 6. The molecule has 6 nitrogen and oxygen atoms in total. The van der Waals surface area contributed by atoms with Crippen LogP contribution in [0.2, 0.25) is 0 Å². The van der Waals surface area contributed by atoms with Gasteiger partial charge in [0.1, 0.15) is 22.8 Å². The van der Waals surface area contributed by atoms with Gasteiger partial charge in [0.2, 0.25) is 0 Å². The number of benzene rings is 2. The van der Waals surface area contributed by atoms with Crippen molar-refractivity contribution in [2.24, 2.45) is 0 Å². The van der Waals surface area contributed by atoms with Gasteiger partial charge in [-0.15, -0.1) is 0 Å². The van der Waals surface area contributed by atoms with E-state index in [1.54, 1.807) is 43.5 Å². The van der Waals surface area contributed by atoms with Crippen LogP contribution >= 0.6 is 0 Å². The highest BCUT2D eigenvalue weighted by Gasteiger charge is 2.18. The molecule has 1 aromatic heterocycles. The second kappa shape index (κ2) is 6.92. The van der Waals surface area contributed by atoms with E-state index in [0.717, 1.165) is 0 Å². The van der Waals surface area contributed by atoms with E-state index in [-0.39, 0.29) is 0 Å². The average Bonchev–Trinajstić information content (AvgIpc) is 2.61. The molecular formula is C20H18O6. The first kappa shape index (κ1) is 17.5. The van der Waals surface area contributed by atoms with Crippen LogP contribution in [0.15, 0.2) is 45.6 Å². The predicted molar refractivity (Wildman–Crippen MR) is 97.1 cm³/mol. The summed E-state index contributed by atoms with van der Waals surface area (Å²) in [5.74, 6) is 1.07. The lowest BCUT2D eigenvalue weighted by Crippen LogP contribution is -2.08. The van der Waals surface area contributed by atoms with Gasteiger partial charge in [-0.2, -0.15) is 0 Å². The fourth-order valence-electron chi connectivity index (χ4n) is 2.88. The van der Waals surface area contributed by atoms with E-state index in [2.05, 4.69) is 0 Å². The molecule has 6 heteroatoms. The van der Waals surface area contributed by atoms with Gasteiger partial charge < -0.3 is 18.6 Å². The Hall–Kier alpha value is -3.28. The third-order valence-corrected chi connectivity index (χ3v) is 4.07. The number of aryl methyl sites for hydroxylation is 1. The molecular weight excluding hydrogens is 336 g/mol. The predicted octanol–water partition coefficient (Wildman–Crippen LogP) is 3.71. The van der Waals surface area contributed by atoms with Gasteiger partial charge in [-0.1, -0.05) is 0 Å². The van der Waals surface area contributed by atoms with Gasteiger partial charge in [0.15, 0.2) is 0 Å². The molecule has 0 saturated carbocycles. The number of carbonyl (C=O) groups excluding carboxylic acids is 1. The smallest absolute Gasteiger partial charge is 0.344 e. The molecule has 3 rings (SSSR count). The fourth-order valence-corrected chi connectivity index (χ4v) is 2.88. The molecule has 0 aliphatic carbocycles. The SMILES string of the molecule is COc1ccc(OC)c(-c2c(C)c3cc(OC(C)=O)ccc3oc2=O)c1. The van der Waals surface area contributed by atoms with Gasteiger partial charge in [0, 0.05) is 17.9 Å². The topological polar surface area (TPSA) is 75.0 Å². The number of hydrogen-bond donors (Lipinski definition) is 0. The Morgan fingerprint density at radius 1 is 1.00 bits per heavy atom. The highest BCUT2D eigenvalue weighted by molar-refractivity contribution is 5.89. The van der Waals surface area contributed by atoms with Crippen molar-refractivity contribution >= 4 is 16.9 Å². The van der Waals surface area contributed by atoms with Crippen molar-refractivity contribution in [2.45, 2.75) is 13.8 Å². The van der Waals surface area contributed by atoms with E-state index in [1.165, 1.54) is 14.0 Å². The molecule has 0 amide bonds. The molecule has 0 bridgehead atoms. The summed E-state index contributed by atoms with van der Waals surface area (Å²) in [5.41, 5.74) is 1.55. The van der Waals surface area contributed by atoms with E-state index >= 15 is 0 Å². The normalized spacial score (nSPS) is 10.6.